The molecule has 0 spiro atoms. The second-order valence-electron chi connectivity index (χ2n) is 7.42. The number of benzene rings is 1. The van der Waals surface area contributed by atoms with Crippen LogP contribution in [0.4, 0.5) is 0 Å². The van der Waals surface area contributed by atoms with Crippen molar-refractivity contribution >= 4 is 11.9 Å². The smallest absolute Gasteiger partial charge is 0.308 e. The highest BCUT2D eigenvalue weighted by molar-refractivity contribution is 5.73. The van der Waals surface area contributed by atoms with E-state index in [1.807, 2.05) is 32.9 Å². The highest BCUT2D eigenvalue weighted by atomic mass is 16.6. The van der Waals surface area contributed by atoms with E-state index in [1.54, 1.807) is 0 Å². The van der Waals surface area contributed by atoms with Gasteiger partial charge in [-0.15, -0.1) is 0 Å². The molecule has 2 aliphatic rings. The molecular weight excluding hydrogens is 356 g/mol. The first-order chi connectivity index (χ1) is 13.2. The first-order valence-electron chi connectivity index (χ1n) is 10.4. The molecule has 28 heavy (non-hydrogen) atoms. The Kier molecular flexibility index (Phi) is 9.15. The fourth-order valence-corrected chi connectivity index (χ4v) is 3.66. The van der Waals surface area contributed by atoms with Crippen LogP contribution in [0.5, 0.6) is 11.5 Å². The van der Waals surface area contributed by atoms with Crippen LogP contribution in [-0.4, -0.2) is 23.6 Å². The van der Waals surface area contributed by atoms with Crippen LogP contribution in [0.2, 0.25) is 0 Å². The predicted molar refractivity (Wildman–Crippen MR) is 111 cm³/mol. The molecule has 1 aromatic carbocycles. The Bertz CT molecular complexity index is 645. The Hall–Kier alpha value is -1.88. The van der Waals surface area contributed by atoms with Crippen molar-refractivity contribution in [1.82, 2.24) is 0 Å². The van der Waals surface area contributed by atoms with Crippen LogP contribution < -0.4 is 9.47 Å². The summed E-state index contributed by atoms with van der Waals surface area (Å²) in [6, 6.07) is 3.64. The maximum atomic E-state index is 11.5. The molecule has 1 aliphatic heterocycles. The molecule has 3 atom stereocenters. The lowest BCUT2D eigenvalue weighted by Gasteiger charge is -2.26. The fourth-order valence-electron chi connectivity index (χ4n) is 3.66. The lowest BCUT2D eigenvalue weighted by atomic mass is 9.78. The molecule has 5 nitrogen and oxygen atoms in total. The van der Waals surface area contributed by atoms with Crippen LogP contribution in [0.15, 0.2) is 12.1 Å². The van der Waals surface area contributed by atoms with Crippen molar-refractivity contribution in [3.8, 4) is 11.5 Å². The molecule has 1 heterocycles. The first kappa shape index (κ1) is 24.2. The average Bonchev–Trinajstić information content (AvgIpc) is 3.28. The maximum Gasteiger partial charge on any atom is 0.308 e. The minimum atomic E-state index is -0.388. The summed E-state index contributed by atoms with van der Waals surface area (Å²) in [6.07, 6.45) is 4.32. The minimum absolute atomic E-state index is 0.0676. The van der Waals surface area contributed by atoms with Crippen molar-refractivity contribution in [2.75, 3.05) is 0 Å². The normalized spacial score (nSPS) is 24.4. The average molecular weight is 393 g/mol. The molecule has 0 radical (unpaired) electrons. The number of hydrogen-bond donors (Lipinski definition) is 0. The summed E-state index contributed by atoms with van der Waals surface area (Å²) in [7, 11) is 0. The number of hydrogen-bond acceptors (Lipinski definition) is 5. The van der Waals surface area contributed by atoms with Gasteiger partial charge in [-0.2, -0.15) is 0 Å². The molecule has 0 N–H and O–H groups in total. The topological polar surface area (TPSA) is 65.1 Å². The number of rotatable bonds is 3. The van der Waals surface area contributed by atoms with E-state index in [4.69, 9.17) is 14.2 Å². The minimum Gasteiger partial charge on any atom is -0.426 e. The third-order valence-electron chi connectivity index (χ3n) is 4.62. The van der Waals surface area contributed by atoms with Gasteiger partial charge in [0.15, 0.2) is 0 Å². The van der Waals surface area contributed by atoms with Gasteiger partial charge in [-0.05, 0) is 50.8 Å². The standard InChI is InChI=1S/C18H22O5.C3H8.C2H6/c1-10-8-14(21-11(2)19)16(15(9-10)22-12(3)20)13-6-5-7-18(4)17(13)23-18;1-3-2;1-2/h8-9,13,17H,5-7H2,1-4H3;3H2,1-2H3;1-2H3. The first-order valence-corrected chi connectivity index (χ1v) is 10.4. The predicted octanol–water partition coefficient (Wildman–Crippen LogP) is 5.71. The molecule has 1 aromatic rings. The summed E-state index contributed by atoms with van der Waals surface area (Å²) in [5.41, 5.74) is 1.54. The lowest BCUT2D eigenvalue weighted by molar-refractivity contribution is -0.132. The van der Waals surface area contributed by atoms with Crippen LogP contribution in [0.3, 0.4) is 0 Å². The van der Waals surface area contributed by atoms with Gasteiger partial charge in [0.05, 0.1) is 11.7 Å². The Morgan fingerprint density at radius 2 is 1.57 bits per heavy atom. The number of carbonyl (C=O) groups is 2. The van der Waals surface area contributed by atoms with E-state index in [-0.39, 0.29) is 29.6 Å². The number of ether oxygens (including phenoxy) is 3. The van der Waals surface area contributed by atoms with Crippen molar-refractivity contribution in [3.05, 3.63) is 23.3 Å². The molecule has 2 fully saturated rings. The van der Waals surface area contributed by atoms with E-state index in [1.165, 1.54) is 20.3 Å². The summed E-state index contributed by atoms with van der Waals surface area (Å²) < 4.78 is 16.7. The van der Waals surface area contributed by atoms with Crippen LogP contribution in [0.25, 0.3) is 0 Å². The monoisotopic (exact) mass is 392 g/mol. The number of carbonyl (C=O) groups excluding carboxylic acids is 2. The Morgan fingerprint density at radius 3 is 2.00 bits per heavy atom. The molecule has 1 saturated heterocycles. The van der Waals surface area contributed by atoms with Crippen LogP contribution >= 0.6 is 0 Å². The largest absolute Gasteiger partial charge is 0.426 e. The van der Waals surface area contributed by atoms with E-state index in [0.29, 0.717) is 11.5 Å². The summed E-state index contributed by atoms with van der Waals surface area (Å²) in [4.78, 5) is 23.0. The van der Waals surface area contributed by atoms with Gasteiger partial charge in [-0.25, -0.2) is 0 Å². The van der Waals surface area contributed by atoms with Gasteiger partial charge in [0, 0.05) is 25.3 Å². The number of epoxide rings is 1. The third-order valence-corrected chi connectivity index (χ3v) is 4.62. The SMILES string of the molecule is CC.CC(=O)Oc1cc(C)cc(OC(C)=O)c1C1CCCC2(C)OC12.CCC. The summed E-state index contributed by atoms with van der Waals surface area (Å²) in [5, 5.41) is 0. The summed E-state index contributed by atoms with van der Waals surface area (Å²) >= 11 is 0. The van der Waals surface area contributed by atoms with Crippen molar-refractivity contribution in [2.45, 2.75) is 98.7 Å². The van der Waals surface area contributed by atoms with Crippen molar-refractivity contribution < 1.29 is 23.8 Å². The molecule has 0 amide bonds. The van der Waals surface area contributed by atoms with Crippen molar-refractivity contribution in [2.24, 2.45) is 0 Å². The lowest BCUT2D eigenvalue weighted by Crippen LogP contribution is -2.23. The molecule has 1 saturated carbocycles. The number of fused-ring (bicyclic) bond motifs is 1. The zero-order chi connectivity index (χ0) is 21.5. The fraction of sp³-hybridized carbons (Fsp3) is 0.652. The second kappa shape index (κ2) is 10.6. The van der Waals surface area contributed by atoms with Gasteiger partial charge >= 0.3 is 11.9 Å². The van der Waals surface area contributed by atoms with Gasteiger partial charge in [0.25, 0.3) is 0 Å². The zero-order valence-corrected chi connectivity index (χ0v) is 18.7. The molecule has 0 bridgehead atoms. The molecule has 158 valence electrons. The zero-order valence-electron chi connectivity index (χ0n) is 18.7. The molecule has 1 aliphatic carbocycles. The molecule has 0 aromatic heterocycles. The molecule has 3 rings (SSSR count). The van der Waals surface area contributed by atoms with E-state index in [0.717, 1.165) is 30.4 Å². The third kappa shape index (κ3) is 6.06. The Morgan fingerprint density at radius 1 is 1.11 bits per heavy atom. The maximum absolute atomic E-state index is 11.5. The number of esters is 2. The highest BCUT2D eigenvalue weighted by Gasteiger charge is 2.59. The van der Waals surface area contributed by atoms with Gasteiger partial charge in [0.2, 0.25) is 0 Å². The highest BCUT2D eigenvalue weighted by Crippen LogP contribution is 2.57. The summed E-state index contributed by atoms with van der Waals surface area (Å²) in [6.45, 7) is 15.0. The Balaban J connectivity index is 0.000000717. The van der Waals surface area contributed by atoms with E-state index >= 15 is 0 Å². The second-order valence-corrected chi connectivity index (χ2v) is 7.42. The van der Waals surface area contributed by atoms with Gasteiger partial charge in [0.1, 0.15) is 11.5 Å². The van der Waals surface area contributed by atoms with Crippen LogP contribution in [0.1, 0.15) is 91.2 Å². The quantitative estimate of drug-likeness (QED) is 0.374. The van der Waals surface area contributed by atoms with E-state index in [9.17, 15) is 9.59 Å². The van der Waals surface area contributed by atoms with Crippen LogP contribution in [0, 0.1) is 6.92 Å². The van der Waals surface area contributed by atoms with E-state index in [2.05, 4.69) is 20.8 Å². The van der Waals surface area contributed by atoms with Gasteiger partial charge in [-0.1, -0.05) is 34.1 Å². The molecule has 3 unspecified atom stereocenters. The van der Waals surface area contributed by atoms with Gasteiger partial charge < -0.3 is 14.2 Å². The van der Waals surface area contributed by atoms with Crippen molar-refractivity contribution in [3.63, 3.8) is 0 Å². The molecule has 5 heteroatoms. The number of aryl methyl sites for hydroxylation is 1. The van der Waals surface area contributed by atoms with Gasteiger partial charge in [-0.3, -0.25) is 9.59 Å². The Labute approximate surface area is 169 Å². The van der Waals surface area contributed by atoms with Crippen molar-refractivity contribution in [1.29, 1.82) is 0 Å². The molecular formula is C23H36O5. The van der Waals surface area contributed by atoms with Crippen LogP contribution in [-0.2, 0) is 14.3 Å². The van der Waals surface area contributed by atoms with E-state index < -0.39 is 0 Å². The summed E-state index contributed by atoms with van der Waals surface area (Å²) in [5.74, 6) is 0.233.